The third-order valence-corrected chi connectivity index (χ3v) is 4.80. The molecule has 0 amide bonds. The number of carboxylic acid groups (broad SMARTS) is 1. The molecule has 1 fully saturated rings. The molecule has 1 saturated carbocycles. The van der Waals surface area contributed by atoms with Crippen molar-refractivity contribution in [2.45, 2.75) is 38.2 Å². The van der Waals surface area contributed by atoms with Crippen LogP contribution in [-0.4, -0.2) is 17.2 Å². The van der Waals surface area contributed by atoms with E-state index in [2.05, 4.69) is 15.9 Å². The van der Waals surface area contributed by atoms with Gasteiger partial charge in [0.05, 0.1) is 10.0 Å². The van der Waals surface area contributed by atoms with E-state index in [4.69, 9.17) is 4.74 Å². The number of halogens is 1. The Balaban J connectivity index is 2.19. The number of carbonyl (C=O) groups is 1. The summed E-state index contributed by atoms with van der Waals surface area (Å²) in [6.07, 6.45) is 3.60. The van der Waals surface area contributed by atoms with Crippen molar-refractivity contribution < 1.29 is 14.6 Å². The number of ether oxygens (including phenoxy) is 1. The summed E-state index contributed by atoms with van der Waals surface area (Å²) in [5, 5.41) is 9.20. The maximum absolute atomic E-state index is 11.2. The van der Waals surface area contributed by atoms with Gasteiger partial charge in [-0.3, -0.25) is 0 Å². The van der Waals surface area contributed by atoms with Gasteiger partial charge in [0.15, 0.2) is 0 Å². The van der Waals surface area contributed by atoms with Crippen molar-refractivity contribution in [2.24, 2.45) is 0 Å². The molecule has 90 valence electrons. The summed E-state index contributed by atoms with van der Waals surface area (Å²) < 4.78 is 6.74. The van der Waals surface area contributed by atoms with Gasteiger partial charge in [0.25, 0.3) is 0 Å². The molecule has 2 atom stereocenters. The molecule has 3 nitrogen and oxygen atoms in total. The number of fused-ring (bicyclic) bond motifs is 3. The molecule has 0 aromatic heterocycles. The Morgan fingerprint density at radius 3 is 3.00 bits per heavy atom. The van der Waals surface area contributed by atoms with Crippen molar-refractivity contribution in [3.05, 3.63) is 27.2 Å². The molecule has 1 aliphatic heterocycles. The fourth-order valence-electron chi connectivity index (χ4n) is 2.94. The average molecular weight is 297 g/mol. The zero-order valence-electron chi connectivity index (χ0n) is 9.50. The summed E-state index contributed by atoms with van der Waals surface area (Å²) in [6.45, 7) is 1.81. The van der Waals surface area contributed by atoms with Crippen LogP contribution in [0.1, 0.15) is 46.7 Å². The van der Waals surface area contributed by atoms with Crippen LogP contribution in [-0.2, 0) is 0 Å². The third kappa shape index (κ3) is 1.50. The normalized spacial score (nSPS) is 25.3. The highest BCUT2D eigenvalue weighted by molar-refractivity contribution is 9.10. The van der Waals surface area contributed by atoms with E-state index in [9.17, 15) is 9.90 Å². The minimum atomic E-state index is -0.868. The summed E-state index contributed by atoms with van der Waals surface area (Å²) in [6, 6.07) is 1.80. The molecule has 17 heavy (non-hydrogen) atoms. The van der Waals surface area contributed by atoms with Gasteiger partial charge in [-0.15, -0.1) is 0 Å². The number of aromatic carboxylic acids is 1. The zero-order valence-corrected chi connectivity index (χ0v) is 11.1. The predicted octanol–water partition coefficient (Wildman–Crippen LogP) is 3.48. The standard InChI is InChI=1S/C13H13BrO3/c1-6-8(13(15)16)5-9-7-3-2-4-10(7)17-12(9)11(6)14/h5,7,10H,2-4H2,1H3,(H,15,16)/t7-,10-/m0/s1. The van der Waals surface area contributed by atoms with E-state index in [1.807, 2.05) is 6.92 Å². The average Bonchev–Trinajstić information content (AvgIpc) is 2.83. The first-order valence-electron chi connectivity index (χ1n) is 5.82. The third-order valence-electron chi connectivity index (χ3n) is 3.85. The summed E-state index contributed by atoms with van der Waals surface area (Å²) in [7, 11) is 0. The minimum Gasteiger partial charge on any atom is -0.488 e. The largest absolute Gasteiger partial charge is 0.488 e. The van der Waals surface area contributed by atoms with Gasteiger partial charge in [-0.1, -0.05) is 0 Å². The molecule has 3 rings (SSSR count). The second-order valence-corrected chi connectivity index (χ2v) is 5.57. The van der Waals surface area contributed by atoms with Gasteiger partial charge in [-0.2, -0.15) is 0 Å². The number of hydrogen-bond donors (Lipinski definition) is 1. The summed E-state index contributed by atoms with van der Waals surface area (Å²) in [5.74, 6) is 0.384. The molecule has 0 saturated heterocycles. The molecule has 1 aromatic carbocycles. The molecule has 1 aliphatic carbocycles. The lowest BCUT2D eigenvalue weighted by Crippen LogP contribution is -2.11. The van der Waals surface area contributed by atoms with Gasteiger partial charge in [0.1, 0.15) is 11.9 Å². The van der Waals surface area contributed by atoms with Crippen LogP contribution in [0.25, 0.3) is 0 Å². The molecule has 1 heterocycles. The van der Waals surface area contributed by atoms with Crippen molar-refractivity contribution >= 4 is 21.9 Å². The van der Waals surface area contributed by atoms with Crippen LogP contribution in [0.3, 0.4) is 0 Å². The monoisotopic (exact) mass is 296 g/mol. The lowest BCUT2D eigenvalue weighted by atomic mass is 9.94. The summed E-state index contributed by atoms with van der Waals surface area (Å²) in [4.78, 5) is 11.2. The van der Waals surface area contributed by atoms with Crippen LogP contribution >= 0.6 is 15.9 Å². The Morgan fingerprint density at radius 1 is 1.53 bits per heavy atom. The van der Waals surface area contributed by atoms with Crippen molar-refractivity contribution in [1.82, 2.24) is 0 Å². The summed E-state index contributed by atoms with van der Waals surface area (Å²) >= 11 is 3.47. The van der Waals surface area contributed by atoms with E-state index < -0.39 is 5.97 Å². The molecule has 1 N–H and O–H groups in total. The molecule has 0 unspecified atom stereocenters. The van der Waals surface area contributed by atoms with E-state index in [0.717, 1.165) is 34.2 Å². The Bertz CT molecular complexity index is 510. The van der Waals surface area contributed by atoms with Gasteiger partial charge in [0, 0.05) is 11.5 Å². The summed E-state index contributed by atoms with van der Waals surface area (Å²) in [5.41, 5.74) is 2.20. The molecular weight excluding hydrogens is 284 g/mol. The molecule has 0 spiro atoms. The first kappa shape index (κ1) is 11.1. The van der Waals surface area contributed by atoms with Gasteiger partial charge < -0.3 is 9.84 Å². The fraction of sp³-hybridized carbons (Fsp3) is 0.462. The van der Waals surface area contributed by atoms with Crippen LogP contribution in [0.15, 0.2) is 10.5 Å². The number of benzene rings is 1. The van der Waals surface area contributed by atoms with Crippen LogP contribution in [0, 0.1) is 6.92 Å². The van der Waals surface area contributed by atoms with E-state index in [-0.39, 0.29) is 6.10 Å². The molecule has 2 aliphatic rings. The van der Waals surface area contributed by atoms with Gasteiger partial charge in [-0.05, 0) is 53.7 Å². The minimum absolute atomic E-state index is 0.254. The predicted molar refractivity (Wildman–Crippen MR) is 66.8 cm³/mol. The second-order valence-electron chi connectivity index (χ2n) is 4.78. The van der Waals surface area contributed by atoms with E-state index in [1.165, 1.54) is 6.42 Å². The Morgan fingerprint density at radius 2 is 2.29 bits per heavy atom. The Hall–Kier alpha value is -1.03. The molecule has 0 radical (unpaired) electrons. The second kappa shape index (κ2) is 3.73. The van der Waals surface area contributed by atoms with Crippen LogP contribution < -0.4 is 4.74 Å². The van der Waals surface area contributed by atoms with E-state index in [0.29, 0.717) is 11.5 Å². The number of rotatable bonds is 1. The van der Waals surface area contributed by atoms with Gasteiger partial charge >= 0.3 is 5.97 Å². The van der Waals surface area contributed by atoms with E-state index >= 15 is 0 Å². The first-order valence-corrected chi connectivity index (χ1v) is 6.62. The van der Waals surface area contributed by atoms with E-state index in [1.54, 1.807) is 6.07 Å². The molecule has 4 heteroatoms. The van der Waals surface area contributed by atoms with Crippen LogP contribution in [0.5, 0.6) is 5.75 Å². The molecule has 0 bridgehead atoms. The highest BCUT2D eigenvalue weighted by Crippen LogP contribution is 2.51. The lowest BCUT2D eigenvalue weighted by molar-refractivity contribution is 0.0696. The fourth-order valence-corrected chi connectivity index (χ4v) is 3.47. The lowest BCUT2D eigenvalue weighted by Gasteiger charge is -2.10. The Labute approximate surface area is 108 Å². The van der Waals surface area contributed by atoms with Gasteiger partial charge in [-0.25, -0.2) is 4.79 Å². The zero-order chi connectivity index (χ0) is 12.2. The number of carboxylic acids is 1. The van der Waals surface area contributed by atoms with Crippen LogP contribution in [0.2, 0.25) is 0 Å². The van der Waals surface area contributed by atoms with Crippen LogP contribution in [0.4, 0.5) is 0 Å². The topological polar surface area (TPSA) is 46.5 Å². The van der Waals surface area contributed by atoms with Gasteiger partial charge in [0.2, 0.25) is 0 Å². The molecule has 1 aromatic rings. The molecular formula is C13H13BrO3. The quantitative estimate of drug-likeness (QED) is 0.863. The Kier molecular flexibility index (Phi) is 2.43. The number of hydrogen-bond acceptors (Lipinski definition) is 2. The SMILES string of the molecule is Cc1c(C(=O)O)cc2c(c1Br)O[C@H]1CCC[C@@H]21. The maximum atomic E-state index is 11.2. The highest BCUT2D eigenvalue weighted by Gasteiger charge is 2.40. The highest BCUT2D eigenvalue weighted by atomic mass is 79.9. The van der Waals surface area contributed by atoms with Crippen molar-refractivity contribution in [3.8, 4) is 5.75 Å². The maximum Gasteiger partial charge on any atom is 0.336 e. The van der Waals surface area contributed by atoms with Crippen molar-refractivity contribution in [2.75, 3.05) is 0 Å². The van der Waals surface area contributed by atoms with Crippen molar-refractivity contribution in [3.63, 3.8) is 0 Å². The first-order chi connectivity index (χ1) is 8.09. The smallest absolute Gasteiger partial charge is 0.336 e. The van der Waals surface area contributed by atoms with Crippen molar-refractivity contribution in [1.29, 1.82) is 0 Å².